The molecule has 1 amide bonds. The highest BCUT2D eigenvalue weighted by Gasteiger charge is 2.45. The number of likely N-dealkylation sites (tertiary alicyclic amines) is 1. The predicted octanol–water partition coefficient (Wildman–Crippen LogP) is 1.06. The van der Waals surface area contributed by atoms with Crippen LogP contribution in [0.3, 0.4) is 0 Å². The quantitative estimate of drug-likeness (QED) is 0.637. The summed E-state index contributed by atoms with van der Waals surface area (Å²) in [7, 11) is 1.66. The Labute approximate surface area is 153 Å². The summed E-state index contributed by atoms with van der Waals surface area (Å²) in [6, 6.07) is 0. The summed E-state index contributed by atoms with van der Waals surface area (Å²) >= 11 is 1.19. The van der Waals surface area contributed by atoms with Crippen LogP contribution in [0.15, 0.2) is 19.8 Å². The minimum Gasteiger partial charge on any atom is -0.344 e. The topological polar surface area (TPSA) is 103 Å². The molecule has 0 aliphatic carbocycles. The number of carbonyl (C=O) groups is 1. The van der Waals surface area contributed by atoms with Crippen molar-refractivity contribution in [3.8, 4) is 0 Å². The lowest BCUT2D eigenvalue weighted by molar-refractivity contribution is -0.133. The van der Waals surface area contributed by atoms with Crippen LogP contribution >= 0.6 is 11.3 Å². The van der Waals surface area contributed by atoms with Crippen molar-refractivity contribution in [2.45, 2.75) is 32.7 Å². The molecule has 2 aromatic rings. The van der Waals surface area contributed by atoms with E-state index in [1.54, 1.807) is 34.0 Å². The van der Waals surface area contributed by atoms with Gasteiger partial charge in [-0.2, -0.15) is 10.2 Å². The molecular weight excluding hydrogens is 356 g/mol. The zero-order valence-corrected chi connectivity index (χ0v) is 15.9. The van der Waals surface area contributed by atoms with Crippen molar-refractivity contribution in [3.05, 3.63) is 26.4 Å². The van der Waals surface area contributed by atoms with Crippen molar-refractivity contribution in [2.75, 3.05) is 18.7 Å². The van der Waals surface area contributed by atoms with Gasteiger partial charge in [-0.05, 0) is 27.2 Å². The van der Waals surface area contributed by atoms with Gasteiger partial charge < -0.3 is 4.90 Å². The number of aromatic amines is 1. The number of fused-ring (bicyclic) bond motifs is 1. The van der Waals surface area contributed by atoms with Crippen molar-refractivity contribution in [3.63, 3.8) is 0 Å². The standard InChI is InChI=1S/C16H20N6O3S/c1-6-18-22(17-4)13-9(2)10-11(26-13)19-15(25)21(12(10)23)16(3)7-8-20(5)14(16)24/h6H,4,7-8H2,1-3,5H3,(H,19,25)/b18-6-/t16-/m1/s1. The fraction of sp³-hybridized carbons (Fsp3) is 0.438. The van der Waals surface area contributed by atoms with Crippen molar-refractivity contribution < 1.29 is 4.79 Å². The highest BCUT2D eigenvalue weighted by atomic mass is 32.1. The summed E-state index contributed by atoms with van der Waals surface area (Å²) in [6.45, 7) is 9.09. The zero-order chi connectivity index (χ0) is 19.2. The van der Waals surface area contributed by atoms with Gasteiger partial charge in [0.2, 0.25) is 5.91 Å². The molecule has 1 N–H and O–H groups in total. The number of likely N-dealkylation sites (N-methyl/N-ethyl adjacent to an activating group) is 1. The molecule has 0 radical (unpaired) electrons. The molecule has 2 aromatic heterocycles. The van der Waals surface area contributed by atoms with E-state index in [-0.39, 0.29) is 5.91 Å². The van der Waals surface area contributed by atoms with E-state index in [2.05, 4.69) is 21.9 Å². The number of hydrogen-bond donors (Lipinski definition) is 1. The van der Waals surface area contributed by atoms with E-state index in [4.69, 9.17) is 0 Å². The van der Waals surface area contributed by atoms with Crippen LogP contribution in [-0.4, -0.2) is 46.9 Å². The first-order valence-corrected chi connectivity index (χ1v) is 8.87. The third kappa shape index (κ3) is 2.40. The maximum absolute atomic E-state index is 13.2. The third-order valence-corrected chi connectivity index (χ3v) is 5.91. The van der Waals surface area contributed by atoms with Crippen LogP contribution in [0.5, 0.6) is 0 Å². The third-order valence-electron chi connectivity index (χ3n) is 4.74. The van der Waals surface area contributed by atoms with Crippen molar-refractivity contribution in [1.82, 2.24) is 14.5 Å². The van der Waals surface area contributed by atoms with Crippen LogP contribution in [-0.2, 0) is 10.3 Å². The molecule has 10 heteroatoms. The number of nitrogens with zero attached hydrogens (tertiary/aromatic N) is 5. The molecule has 1 aliphatic heterocycles. The molecule has 1 saturated heterocycles. The predicted molar refractivity (Wildman–Crippen MR) is 104 cm³/mol. The molecule has 0 bridgehead atoms. The normalized spacial score (nSPS) is 20.5. The minimum atomic E-state index is -1.19. The zero-order valence-electron chi connectivity index (χ0n) is 15.1. The molecule has 0 saturated carbocycles. The first-order chi connectivity index (χ1) is 12.3. The fourth-order valence-electron chi connectivity index (χ4n) is 3.32. The van der Waals surface area contributed by atoms with Gasteiger partial charge in [0, 0.05) is 32.1 Å². The van der Waals surface area contributed by atoms with Crippen molar-refractivity contribution in [2.24, 2.45) is 10.2 Å². The van der Waals surface area contributed by atoms with E-state index < -0.39 is 16.8 Å². The Balaban J connectivity index is 2.31. The van der Waals surface area contributed by atoms with E-state index in [9.17, 15) is 14.4 Å². The van der Waals surface area contributed by atoms with Crippen LogP contribution < -0.4 is 16.4 Å². The summed E-state index contributed by atoms with van der Waals surface area (Å²) in [5.41, 5.74) is -1.65. The molecule has 1 atom stereocenters. The Morgan fingerprint density at radius 2 is 2.08 bits per heavy atom. The summed E-state index contributed by atoms with van der Waals surface area (Å²) in [5.74, 6) is -0.248. The first-order valence-electron chi connectivity index (χ1n) is 8.06. The number of carbonyl (C=O) groups excluding carboxylic acids is 1. The van der Waals surface area contributed by atoms with Crippen LogP contribution in [0.25, 0.3) is 10.2 Å². The Morgan fingerprint density at radius 3 is 2.62 bits per heavy atom. The Bertz CT molecular complexity index is 1050. The van der Waals surface area contributed by atoms with E-state index in [1.807, 2.05) is 0 Å². The van der Waals surface area contributed by atoms with Gasteiger partial charge in [0.1, 0.15) is 15.4 Å². The average molecular weight is 376 g/mol. The molecule has 0 aromatic carbocycles. The van der Waals surface area contributed by atoms with Crippen LogP contribution in [0.2, 0.25) is 0 Å². The highest BCUT2D eigenvalue weighted by molar-refractivity contribution is 7.22. The monoisotopic (exact) mass is 376 g/mol. The maximum atomic E-state index is 13.2. The number of aryl methyl sites for hydroxylation is 1. The number of aromatic nitrogens is 2. The molecule has 3 rings (SSSR count). The SMILES string of the molecule is C=NN(/N=C\C)c1sc2[nH]c(=O)n([C@]3(C)CCN(C)C3=O)c(=O)c2c1C. The molecule has 1 fully saturated rings. The second-order valence-corrected chi connectivity index (χ2v) is 7.36. The van der Waals surface area contributed by atoms with E-state index in [0.29, 0.717) is 33.7 Å². The molecular formula is C16H20N6O3S. The number of rotatable bonds is 4. The summed E-state index contributed by atoms with van der Waals surface area (Å²) < 4.78 is 1.04. The van der Waals surface area contributed by atoms with E-state index >= 15 is 0 Å². The summed E-state index contributed by atoms with van der Waals surface area (Å²) in [5, 5.41) is 10.2. The molecule has 1 aliphatic rings. The number of hydrazone groups is 2. The molecule has 26 heavy (non-hydrogen) atoms. The lowest BCUT2D eigenvalue weighted by Crippen LogP contribution is -2.51. The number of nitrogens with one attached hydrogen (secondary N) is 1. The van der Waals surface area contributed by atoms with Crippen LogP contribution in [0, 0.1) is 6.92 Å². The lowest BCUT2D eigenvalue weighted by atomic mass is 10.00. The van der Waals surface area contributed by atoms with Gasteiger partial charge in [-0.15, -0.1) is 5.12 Å². The molecule has 138 valence electrons. The van der Waals surface area contributed by atoms with Gasteiger partial charge in [0.15, 0.2) is 0 Å². The van der Waals surface area contributed by atoms with Crippen molar-refractivity contribution >= 4 is 45.4 Å². The smallest absolute Gasteiger partial charge is 0.330 e. The second kappa shape index (κ2) is 6.20. The van der Waals surface area contributed by atoms with Crippen LogP contribution in [0.1, 0.15) is 25.8 Å². The second-order valence-electron chi connectivity index (χ2n) is 6.36. The number of anilines is 1. The fourth-order valence-corrected chi connectivity index (χ4v) is 4.43. The van der Waals surface area contributed by atoms with Gasteiger partial charge in [0.25, 0.3) is 5.56 Å². The van der Waals surface area contributed by atoms with Gasteiger partial charge in [-0.25, -0.2) is 9.36 Å². The van der Waals surface area contributed by atoms with E-state index in [1.165, 1.54) is 21.4 Å². The maximum Gasteiger partial charge on any atom is 0.330 e. The number of thiophene rings is 1. The van der Waals surface area contributed by atoms with E-state index in [0.717, 1.165) is 4.57 Å². The first kappa shape index (κ1) is 18.1. The molecule has 0 spiro atoms. The summed E-state index contributed by atoms with van der Waals surface area (Å²) in [6.07, 6.45) is 1.95. The average Bonchev–Trinajstić information content (AvgIpc) is 3.05. The van der Waals surface area contributed by atoms with Gasteiger partial charge in [-0.1, -0.05) is 11.3 Å². The lowest BCUT2D eigenvalue weighted by Gasteiger charge is -2.23. The molecule has 0 unspecified atom stereocenters. The number of hydrogen-bond acceptors (Lipinski definition) is 7. The minimum absolute atomic E-state index is 0.248. The molecule has 3 heterocycles. The summed E-state index contributed by atoms with van der Waals surface area (Å²) in [4.78, 5) is 43.1. The largest absolute Gasteiger partial charge is 0.344 e. The van der Waals surface area contributed by atoms with Gasteiger partial charge in [0.05, 0.1) is 5.39 Å². The Kier molecular flexibility index (Phi) is 4.31. The number of H-pyrrole nitrogens is 1. The van der Waals surface area contributed by atoms with Crippen molar-refractivity contribution in [1.29, 1.82) is 0 Å². The Hall–Kier alpha value is -2.75. The van der Waals surface area contributed by atoms with Crippen LogP contribution in [0.4, 0.5) is 5.00 Å². The van der Waals surface area contributed by atoms with Gasteiger partial charge >= 0.3 is 5.69 Å². The van der Waals surface area contributed by atoms with Gasteiger partial charge in [-0.3, -0.25) is 14.6 Å². The highest BCUT2D eigenvalue weighted by Crippen LogP contribution is 2.35. The number of amides is 1. The molecule has 9 nitrogen and oxygen atoms in total. The Morgan fingerprint density at radius 1 is 1.38 bits per heavy atom.